The first-order valence-corrected chi connectivity index (χ1v) is 11.5. The van der Waals surface area contributed by atoms with Crippen molar-refractivity contribution in [2.24, 2.45) is 0 Å². The minimum absolute atomic E-state index is 0.0868. The Morgan fingerprint density at radius 1 is 1.24 bits per heavy atom. The molecule has 0 aliphatic carbocycles. The molecule has 0 radical (unpaired) electrons. The summed E-state index contributed by atoms with van der Waals surface area (Å²) in [4.78, 5) is 21.8. The summed E-state index contributed by atoms with van der Waals surface area (Å²) in [5, 5.41) is 5.21. The minimum atomic E-state index is -2.96. The Kier molecular flexibility index (Phi) is 5.04. The molecule has 0 saturated carbocycles. The van der Waals surface area contributed by atoms with Gasteiger partial charge in [-0.05, 0) is 39.4 Å². The van der Waals surface area contributed by atoms with Crippen LogP contribution in [-0.2, 0) is 22.9 Å². The molecule has 154 valence electrons. The van der Waals surface area contributed by atoms with E-state index in [4.69, 9.17) is 0 Å². The molecule has 1 aliphatic heterocycles. The van der Waals surface area contributed by atoms with Gasteiger partial charge in [-0.25, -0.2) is 13.4 Å². The molecule has 4 rings (SSSR count). The zero-order valence-electron chi connectivity index (χ0n) is 16.8. The average molecular weight is 416 g/mol. The molecule has 2 aromatic heterocycles. The molecule has 3 aromatic rings. The molecular weight excluding hydrogens is 390 g/mol. The first kappa shape index (κ1) is 19.8. The quantitative estimate of drug-likeness (QED) is 0.681. The number of H-pyrrole nitrogens is 1. The van der Waals surface area contributed by atoms with Crippen LogP contribution in [-0.4, -0.2) is 51.6 Å². The third kappa shape index (κ3) is 3.97. The molecule has 1 aliphatic rings. The molecule has 3 heterocycles. The van der Waals surface area contributed by atoms with Gasteiger partial charge >= 0.3 is 0 Å². The molecule has 1 N–H and O–H groups in total. The number of nitrogens with one attached hydrogen (secondary N) is 1. The van der Waals surface area contributed by atoms with Crippen molar-refractivity contribution in [1.82, 2.24) is 24.6 Å². The smallest absolute Gasteiger partial charge is 0.258 e. The van der Waals surface area contributed by atoms with E-state index >= 15 is 0 Å². The largest absolute Gasteiger partial charge is 0.309 e. The number of hydrogen-bond donors (Lipinski definition) is 1. The van der Waals surface area contributed by atoms with Crippen LogP contribution in [0.25, 0.3) is 10.9 Å². The fourth-order valence-corrected chi connectivity index (χ4v) is 5.73. The second-order valence-electron chi connectivity index (χ2n) is 7.85. The Balaban J connectivity index is 1.53. The highest BCUT2D eigenvalue weighted by atomic mass is 32.2. The van der Waals surface area contributed by atoms with E-state index in [2.05, 4.69) is 20.0 Å². The van der Waals surface area contributed by atoms with E-state index < -0.39 is 9.84 Å². The standard InChI is InChI=1S/C20H25N5O3S/c1-13-17(14(2)25(23-13)15-8-9-29(27,28)12-15)10-24(3)11-19-21-18-7-5-4-6-16(18)20(26)22-19/h4-7,15H,8-12H2,1-3H3,(H,21,22,26)/t15-/m1/s1. The summed E-state index contributed by atoms with van der Waals surface area (Å²) in [5.74, 6) is 0.999. The normalized spacial score (nSPS) is 18.7. The average Bonchev–Trinajstić information content (AvgIpc) is 3.15. The topological polar surface area (TPSA) is 101 Å². The van der Waals surface area contributed by atoms with E-state index in [9.17, 15) is 13.2 Å². The lowest BCUT2D eigenvalue weighted by molar-refractivity contribution is 0.309. The van der Waals surface area contributed by atoms with E-state index in [1.165, 1.54) is 0 Å². The number of hydrogen-bond acceptors (Lipinski definition) is 6. The van der Waals surface area contributed by atoms with E-state index in [0.29, 0.717) is 36.2 Å². The van der Waals surface area contributed by atoms with Gasteiger partial charge in [-0.1, -0.05) is 12.1 Å². The Morgan fingerprint density at radius 3 is 2.72 bits per heavy atom. The Morgan fingerprint density at radius 2 is 2.00 bits per heavy atom. The monoisotopic (exact) mass is 415 g/mol. The Bertz CT molecular complexity index is 1230. The lowest BCUT2D eigenvalue weighted by Crippen LogP contribution is -2.22. The summed E-state index contributed by atoms with van der Waals surface area (Å²) in [6, 6.07) is 7.20. The van der Waals surface area contributed by atoms with Crippen molar-refractivity contribution in [2.45, 2.75) is 39.4 Å². The minimum Gasteiger partial charge on any atom is -0.309 e. The molecule has 9 heteroatoms. The molecule has 1 aromatic carbocycles. The van der Waals surface area contributed by atoms with Crippen molar-refractivity contribution in [3.8, 4) is 0 Å². The third-order valence-corrected chi connectivity index (χ3v) is 7.29. The number of benzene rings is 1. The zero-order chi connectivity index (χ0) is 20.8. The molecule has 1 fully saturated rings. The van der Waals surface area contributed by atoms with Crippen LogP contribution < -0.4 is 5.56 Å². The predicted octanol–water partition coefficient (Wildman–Crippen LogP) is 1.73. The van der Waals surface area contributed by atoms with Crippen LogP contribution in [0, 0.1) is 13.8 Å². The van der Waals surface area contributed by atoms with Crippen LogP contribution in [0.1, 0.15) is 35.2 Å². The second kappa shape index (κ2) is 7.38. The molecule has 1 atom stereocenters. The highest BCUT2D eigenvalue weighted by Crippen LogP contribution is 2.27. The molecular formula is C20H25N5O3S. The van der Waals surface area contributed by atoms with Gasteiger partial charge in [-0.3, -0.25) is 14.4 Å². The molecule has 0 amide bonds. The van der Waals surface area contributed by atoms with Crippen LogP contribution in [0.5, 0.6) is 0 Å². The lowest BCUT2D eigenvalue weighted by Gasteiger charge is -2.17. The van der Waals surface area contributed by atoms with Gasteiger partial charge < -0.3 is 4.98 Å². The summed E-state index contributed by atoms with van der Waals surface area (Å²) in [7, 11) is -0.999. The van der Waals surface area contributed by atoms with Crippen LogP contribution in [0.15, 0.2) is 29.1 Å². The van der Waals surface area contributed by atoms with E-state index in [1.807, 2.05) is 43.8 Å². The summed E-state index contributed by atoms with van der Waals surface area (Å²) < 4.78 is 25.5. The maximum Gasteiger partial charge on any atom is 0.258 e. The summed E-state index contributed by atoms with van der Waals surface area (Å²) in [6.45, 7) is 5.06. The number of para-hydroxylation sites is 1. The number of sulfone groups is 1. The van der Waals surface area contributed by atoms with Crippen LogP contribution >= 0.6 is 0 Å². The lowest BCUT2D eigenvalue weighted by atomic mass is 10.1. The van der Waals surface area contributed by atoms with Crippen LogP contribution in [0.3, 0.4) is 0 Å². The number of aromatic amines is 1. The first-order chi connectivity index (χ1) is 13.7. The van der Waals surface area contributed by atoms with Gasteiger partial charge in [0.05, 0.1) is 40.7 Å². The predicted molar refractivity (Wildman–Crippen MR) is 112 cm³/mol. The number of aromatic nitrogens is 4. The summed E-state index contributed by atoms with van der Waals surface area (Å²) >= 11 is 0. The van der Waals surface area contributed by atoms with Crippen molar-refractivity contribution < 1.29 is 8.42 Å². The summed E-state index contributed by atoms with van der Waals surface area (Å²) in [5.41, 5.74) is 3.53. The van der Waals surface area contributed by atoms with Crippen molar-refractivity contribution in [3.05, 3.63) is 57.4 Å². The van der Waals surface area contributed by atoms with Crippen molar-refractivity contribution in [1.29, 1.82) is 0 Å². The molecule has 0 bridgehead atoms. The molecule has 8 nitrogen and oxygen atoms in total. The molecule has 0 spiro atoms. The number of fused-ring (bicyclic) bond motifs is 1. The van der Waals surface area contributed by atoms with Crippen LogP contribution in [0.2, 0.25) is 0 Å². The number of nitrogens with zero attached hydrogens (tertiary/aromatic N) is 4. The van der Waals surface area contributed by atoms with Gasteiger partial charge in [-0.2, -0.15) is 5.10 Å². The van der Waals surface area contributed by atoms with Gasteiger partial charge in [0, 0.05) is 17.8 Å². The van der Waals surface area contributed by atoms with Crippen molar-refractivity contribution in [3.63, 3.8) is 0 Å². The van der Waals surface area contributed by atoms with Crippen molar-refractivity contribution >= 4 is 20.7 Å². The highest BCUT2D eigenvalue weighted by Gasteiger charge is 2.31. The van der Waals surface area contributed by atoms with E-state index in [1.54, 1.807) is 6.07 Å². The molecule has 1 saturated heterocycles. The van der Waals surface area contributed by atoms with E-state index in [-0.39, 0.29) is 23.1 Å². The van der Waals surface area contributed by atoms with Gasteiger partial charge in [-0.15, -0.1) is 0 Å². The maximum absolute atomic E-state index is 12.3. The van der Waals surface area contributed by atoms with Crippen molar-refractivity contribution in [2.75, 3.05) is 18.6 Å². The SMILES string of the molecule is Cc1nn([C@@H]2CCS(=O)(=O)C2)c(C)c1CN(C)Cc1nc2ccccc2c(=O)[nH]1. The fourth-order valence-electron chi connectivity index (χ4n) is 4.04. The number of rotatable bonds is 5. The second-order valence-corrected chi connectivity index (χ2v) is 10.1. The van der Waals surface area contributed by atoms with Gasteiger partial charge in [0.2, 0.25) is 0 Å². The Labute approximate surface area is 169 Å². The summed E-state index contributed by atoms with van der Waals surface area (Å²) in [6.07, 6.45) is 0.613. The van der Waals surface area contributed by atoms with Gasteiger partial charge in [0.25, 0.3) is 5.56 Å². The van der Waals surface area contributed by atoms with Crippen LogP contribution in [0.4, 0.5) is 0 Å². The third-order valence-electron chi connectivity index (χ3n) is 5.54. The Hall–Kier alpha value is -2.52. The fraction of sp³-hybridized carbons (Fsp3) is 0.450. The highest BCUT2D eigenvalue weighted by molar-refractivity contribution is 7.91. The van der Waals surface area contributed by atoms with Gasteiger partial charge in [0.15, 0.2) is 9.84 Å². The van der Waals surface area contributed by atoms with E-state index in [0.717, 1.165) is 17.0 Å². The molecule has 29 heavy (non-hydrogen) atoms. The van der Waals surface area contributed by atoms with Gasteiger partial charge in [0.1, 0.15) is 5.82 Å². The zero-order valence-corrected chi connectivity index (χ0v) is 17.7. The maximum atomic E-state index is 12.3. The molecule has 0 unspecified atom stereocenters. The number of aryl methyl sites for hydroxylation is 1. The first-order valence-electron chi connectivity index (χ1n) is 9.65.